The summed E-state index contributed by atoms with van der Waals surface area (Å²) in [4.78, 5) is 0. The second-order valence-electron chi connectivity index (χ2n) is 3.94. The Morgan fingerprint density at radius 2 is 2.06 bits per heavy atom. The van der Waals surface area contributed by atoms with Gasteiger partial charge >= 0.3 is 0 Å². The third kappa shape index (κ3) is 2.18. The molecule has 92 valence electrons. The Hall–Kier alpha value is -2.35. The maximum Gasteiger partial charge on any atom is 0.140 e. The van der Waals surface area contributed by atoms with Gasteiger partial charge in [-0.15, -0.1) is 0 Å². The van der Waals surface area contributed by atoms with E-state index in [9.17, 15) is 4.39 Å². The van der Waals surface area contributed by atoms with Crippen LogP contribution in [-0.4, -0.2) is 9.78 Å². The third-order valence-electron chi connectivity index (χ3n) is 2.76. The summed E-state index contributed by atoms with van der Waals surface area (Å²) in [7, 11) is 0. The molecule has 1 heterocycles. The van der Waals surface area contributed by atoms with Crippen molar-refractivity contribution in [3.05, 3.63) is 46.9 Å². The van der Waals surface area contributed by atoms with Crippen molar-refractivity contribution in [2.75, 3.05) is 5.73 Å². The van der Waals surface area contributed by atoms with Crippen LogP contribution >= 0.6 is 0 Å². The normalized spacial score (nSPS) is 10.3. The molecule has 18 heavy (non-hydrogen) atoms. The van der Waals surface area contributed by atoms with Gasteiger partial charge < -0.3 is 5.73 Å². The zero-order chi connectivity index (χ0) is 13.1. The van der Waals surface area contributed by atoms with Gasteiger partial charge in [0.15, 0.2) is 0 Å². The summed E-state index contributed by atoms with van der Waals surface area (Å²) in [6, 6.07) is 8.21. The zero-order valence-corrected chi connectivity index (χ0v) is 10.0. The van der Waals surface area contributed by atoms with Crippen LogP contribution in [0.4, 0.5) is 10.2 Å². The fourth-order valence-electron chi connectivity index (χ4n) is 1.81. The molecule has 0 radical (unpaired) electrons. The number of benzene rings is 1. The predicted molar refractivity (Wildman–Crippen MR) is 66.2 cm³/mol. The minimum absolute atomic E-state index is 0.280. The van der Waals surface area contributed by atoms with E-state index in [-0.39, 0.29) is 5.82 Å². The van der Waals surface area contributed by atoms with Crippen molar-refractivity contribution in [2.24, 2.45) is 0 Å². The monoisotopic (exact) mass is 244 g/mol. The summed E-state index contributed by atoms with van der Waals surface area (Å²) >= 11 is 0. The first-order valence-electron chi connectivity index (χ1n) is 5.65. The molecule has 2 rings (SSSR count). The molecule has 1 aromatic heterocycles. The van der Waals surface area contributed by atoms with Gasteiger partial charge in [-0.2, -0.15) is 10.4 Å². The van der Waals surface area contributed by atoms with Crippen molar-refractivity contribution in [3.63, 3.8) is 0 Å². The number of anilines is 1. The molecule has 0 spiro atoms. The molecule has 0 saturated heterocycles. The number of hydrogen-bond donors (Lipinski definition) is 1. The van der Waals surface area contributed by atoms with E-state index in [1.54, 1.807) is 16.8 Å². The first-order valence-corrected chi connectivity index (χ1v) is 5.65. The smallest absolute Gasteiger partial charge is 0.140 e. The average Bonchev–Trinajstić information content (AvgIpc) is 2.68. The number of nitrogens with zero attached hydrogens (tertiary/aromatic N) is 3. The van der Waals surface area contributed by atoms with E-state index in [2.05, 4.69) is 11.2 Å². The average molecular weight is 244 g/mol. The summed E-state index contributed by atoms with van der Waals surface area (Å²) in [6.45, 7) is 2.52. The summed E-state index contributed by atoms with van der Waals surface area (Å²) in [5.74, 6) is 0.106. The molecule has 0 bridgehead atoms. The number of hydrogen-bond acceptors (Lipinski definition) is 3. The Balaban J connectivity index is 2.34. The Kier molecular flexibility index (Phi) is 3.28. The number of nitrogens with two attached hydrogens (primary N) is 1. The minimum Gasteiger partial charge on any atom is -0.383 e. The van der Waals surface area contributed by atoms with Crippen LogP contribution in [0.5, 0.6) is 0 Å². The summed E-state index contributed by atoms with van der Waals surface area (Å²) in [6.07, 6.45) is 0.473. The Bertz CT molecular complexity index is 593. The number of nitrogen functional groups attached to an aromatic ring is 1. The molecule has 0 saturated carbocycles. The maximum atomic E-state index is 12.8. The van der Waals surface area contributed by atoms with Crippen LogP contribution < -0.4 is 5.73 Å². The zero-order valence-electron chi connectivity index (χ0n) is 10.0. The van der Waals surface area contributed by atoms with Crippen LogP contribution in [0, 0.1) is 17.1 Å². The highest BCUT2D eigenvalue weighted by Gasteiger charge is 2.14. The van der Waals surface area contributed by atoms with E-state index in [0.717, 1.165) is 5.56 Å². The molecule has 1 aromatic carbocycles. The van der Waals surface area contributed by atoms with Gasteiger partial charge in [0.05, 0.1) is 5.69 Å². The van der Waals surface area contributed by atoms with Gasteiger partial charge in [0, 0.05) is 13.0 Å². The molecular weight excluding hydrogens is 231 g/mol. The highest BCUT2D eigenvalue weighted by molar-refractivity contribution is 5.53. The number of aromatic nitrogens is 2. The van der Waals surface area contributed by atoms with E-state index in [1.807, 2.05) is 6.92 Å². The van der Waals surface area contributed by atoms with Gasteiger partial charge in [0.25, 0.3) is 0 Å². The second-order valence-corrected chi connectivity index (χ2v) is 3.94. The van der Waals surface area contributed by atoms with Crippen LogP contribution in [0.25, 0.3) is 0 Å². The van der Waals surface area contributed by atoms with Crippen molar-refractivity contribution in [2.45, 2.75) is 19.9 Å². The number of halogens is 1. The lowest BCUT2D eigenvalue weighted by Gasteiger charge is -1.98. The minimum atomic E-state index is -0.280. The molecule has 0 aliphatic carbocycles. The molecule has 0 amide bonds. The van der Waals surface area contributed by atoms with E-state index in [4.69, 9.17) is 11.0 Å². The molecule has 5 heteroatoms. The van der Waals surface area contributed by atoms with E-state index in [0.29, 0.717) is 30.0 Å². The summed E-state index contributed by atoms with van der Waals surface area (Å²) in [5, 5.41) is 13.4. The molecule has 0 atom stereocenters. The molecule has 2 N–H and O–H groups in total. The van der Waals surface area contributed by atoms with Gasteiger partial charge in [-0.05, 0) is 24.6 Å². The largest absolute Gasteiger partial charge is 0.383 e. The van der Waals surface area contributed by atoms with Crippen molar-refractivity contribution < 1.29 is 4.39 Å². The van der Waals surface area contributed by atoms with Gasteiger partial charge in [-0.3, -0.25) is 0 Å². The first kappa shape index (κ1) is 12.1. The summed E-state index contributed by atoms with van der Waals surface area (Å²) < 4.78 is 14.4. The Morgan fingerprint density at radius 1 is 1.39 bits per heavy atom. The van der Waals surface area contributed by atoms with Crippen LogP contribution in [0.15, 0.2) is 24.3 Å². The number of rotatable bonds is 3. The van der Waals surface area contributed by atoms with Crippen molar-refractivity contribution >= 4 is 5.82 Å². The lowest BCUT2D eigenvalue weighted by Crippen LogP contribution is -2.02. The van der Waals surface area contributed by atoms with Crippen LogP contribution in [-0.2, 0) is 13.0 Å². The molecule has 0 aliphatic heterocycles. The van der Waals surface area contributed by atoms with Gasteiger partial charge in [0.2, 0.25) is 0 Å². The standard InChI is InChI=1S/C13H13FN4/c1-2-18-13(16)11(8-15)12(17-18)7-9-3-5-10(14)6-4-9/h3-6H,2,7,16H2,1H3. The Labute approximate surface area is 104 Å². The van der Waals surface area contributed by atoms with Crippen molar-refractivity contribution in [3.8, 4) is 6.07 Å². The molecule has 0 aliphatic rings. The maximum absolute atomic E-state index is 12.8. The topological polar surface area (TPSA) is 67.6 Å². The van der Waals surface area contributed by atoms with E-state index in [1.165, 1.54) is 12.1 Å². The summed E-state index contributed by atoms with van der Waals surface area (Å²) in [5.41, 5.74) is 7.75. The fourth-order valence-corrected chi connectivity index (χ4v) is 1.81. The second kappa shape index (κ2) is 4.88. The van der Waals surface area contributed by atoms with Crippen molar-refractivity contribution in [1.82, 2.24) is 9.78 Å². The lowest BCUT2D eigenvalue weighted by atomic mass is 10.1. The van der Waals surface area contributed by atoms with Crippen LogP contribution in [0.3, 0.4) is 0 Å². The molecule has 0 fully saturated rings. The first-order chi connectivity index (χ1) is 8.65. The van der Waals surface area contributed by atoms with Gasteiger partial charge in [-0.1, -0.05) is 12.1 Å². The predicted octanol–water partition coefficient (Wildman–Crippen LogP) is 2.09. The Morgan fingerprint density at radius 3 is 2.61 bits per heavy atom. The molecule has 4 nitrogen and oxygen atoms in total. The third-order valence-corrected chi connectivity index (χ3v) is 2.76. The lowest BCUT2D eigenvalue weighted by molar-refractivity contribution is 0.627. The number of aryl methyl sites for hydroxylation is 1. The number of nitriles is 1. The molecular formula is C13H13FN4. The van der Waals surface area contributed by atoms with E-state index < -0.39 is 0 Å². The SMILES string of the molecule is CCn1nc(Cc2ccc(F)cc2)c(C#N)c1N. The molecule has 0 unspecified atom stereocenters. The van der Waals surface area contributed by atoms with Crippen LogP contribution in [0.1, 0.15) is 23.7 Å². The van der Waals surface area contributed by atoms with Gasteiger partial charge in [0.1, 0.15) is 23.3 Å². The molecule has 2 aromatic rings. The van der Waals surface area contributed by atoms with Crippen molar-refractivity contribution in [1.29, 1.82) is 5.26 Å². The fraction of sp³-hybridized carbons (Fsp3) is 0.231. The van der Waals surface area contributed by atoms with Gasteiger partial charge in [-0.25, -0.2) is 9.07 Å². The highest BCUT2D eigenvalue weighted by atomic mass is 19.1. The van der Waals surface area contributed by atoms with E-state index >= 15 is 0 Å². The van der Waals surface area contributed by atoms with Crippen LogP contribution in [0.2, 0.25) is 0 Å². The highest BCUT2D eigenvalue weighted by Crippen LogP contribution is 2.19. The quantitative estimate of drug-likeness (QED) is 0.898.